The Balaban J connectivity index is 2.38. The van der Waals surface area contributed by atoms with Crippen molar-refractivity contribution in [2.24, 2.45) is 0 Å². The van der Waals surface area contributed by atoms with E-state index in [0.29, 0.717) is 17.2 Å². The topological polar surface area (TPSA) is 52.3 Å². The molecule has 0 aliphatic carbocycles. The number of anilines is 1. The number of hydrogen-bond donors (Lipinski definition) is 1. The molecule has 0 aliphatic heterocycles. The first kappa shape index (κ1) is 13.6. The third-order valence-corrected chi connectivity index (χ3v) is 4.19. The van der Waals surface area contributed by atoms with Gasteiger partial charge in [0, 0.05) is 4.88 Å². The quantitative estimate of drug-likeness (QED) is 0.867. The van der Waals surface area contributed by atoms with Crippen molar-refractivity contribution in [3.8, 4) is 10.4 Å². The zero-order valence-electron chi connectivity index (χ0n) is 11.3. The maximum Gasteiger partial charge on any atom is 0.350 e. The minimum absolute atomic E-state index is 0.347. The van der Waals surface area contributed by atoms with Crippen LogP contribution < -0.4 is 5.73 Å². The highest BCUT2D eigenvalue weighted by atomic mass is 32.1. The monoisotopic (exact) mass is 275 g/mol. The van der Waals surface area contributed by atoms with Crippen molar-refractivity contribution in [1.82, 2.24) is 0 Å². The molecule has 0 unspecified atom stereocenters. The summed E-state index contributed by atoms with van der Waals surface area (Å²) in [6.07, 6.45) is 0. The van der Waals surface area contributed by atoms with Gasteiger partial charge in [0.25, 0.3) is 0 Å². The second kappa shape index (κ2) is 5.45. The molecule has 3 nitrogen and oxygen atoms in total. The van der Waals surface area contributed by atoms with Crippen LogP contribution in [0.5, 0.6) is 0 Å². The van der Waals surface area contributed by atoms with E-state index >= 15 is 0 Å². The van der Waals surface area contributed by atoms with Crippen LogP contribution in [0.3, 0.4) is 0 Å². The van der Waals surface area contributed by atoms with Crippen molar-refractivity contribution in [1.29, 1.82) is 0 Å². The van der Waals surface area contributed by atoms with Crippen LogP contribution in [-0.2, 0) is 4.74 Å². The van der Waals surface area contributed by atoms with Crippen molar-refractivity contribution >= 4 is 23.0 Å². The number of nitrogen functional groups attached to an aromatic ring is 1. The summed E-state index contributed by atoms with van der Waals surface area (Å²) in [6, 6.07) is 8.06. The van der Waals surface area contributed by atoms with Gasteiger partial charge in [-0.15, -0.1) is 11.3 Å². The second-order valence-electron chi connectivity index (χ2n) is 4.41. The molecule has 0 amide bonds. The Labute approximate surface area is 117 Å². The summed E-state index contributed by atoms with van der Waals surface area (Å²) in [6.45, 7) is 6.29. The first-order chi connectivity index (χ1) is 9.02. The third-order valence-electron chi connectivity index (χ3n) is 3.01. The standard InChI is InChI=1S/C15H17NO2S/c1-4-18-15(17)14-12(16)8-13(19-14)11-6-5-9(2)10(3)7-11/h5-8H,4,16H2,1-3H3. The Kier molecular flexibility index (Phi) is 3.90. The van der Waals surface area contributed by atoms with E-state index in [0.717, 1.165) is 10.4 Å². The van der Waals surface area contributed by atoms with Crippen molar-refractivity contribution in [3.63, 3.8) is 0 Å². The molecule has 2 N–H and O–H groups in total. The number of ether oxygens (including phenoxy) is 1. The molecule has 1 aromatic carbocycles. The van der Waals surface area contributed by atoms with Crippen LogP contribution in [0.2, 0.25) is 0 Å². The zero-order chi connectivity index (χ0) is 14.0. The van der Waals surface area contributed by atoms with E-state index in [1.807, 2.05) is 12.1 Å². The predicted molar refractivity (Wildman–Crippen MR) is 79.6 cm³/mol. The molecule has 0 saturated carbocycles. The molecule has 0 spiro atoms. The lowest BCUT2D eigenvalue weighted by Gasteiger charge is -2.02. The fourth-order valence-corrected chi connectivity index (χ4v) is 2.77. The van der Waals surface area contributed by atoms with Crippen molar-refractivity contribution in [2.75, 3.05) is 12.3 Å². The number of carbonyl (C=O) groups excluding carboxylic acids is 1. The summed E-state index contributed by atoms with van der Waals surface area (Å²) >= 11 is 1.38. The van der Waals surface area contributed by atoms with E-state index in [9.17, 15) is 4.79 Å². The number of aryl methyl sites for hydroxylation is 2. The molecule has 0 saturated heterocycles. The van der Waals surface area contributed by atoms with Gasteiger partial charge in [0.15, 0.2) is 0 Å². The largest absolute Gasteiger partial charge is 0.462 e. The average molecular weight is 275 g/mol. The van der Waals surface area contributed by atoms with Crippen LogP contribution in [0.15, 0.2) is 24.3 Å². The van der Waals surface area contributed by atoms with Crippen LogP contribution in [0.1, 0.15) is 27.7 Å². The van der Waals surface area contributed by atoms with Gasteiger partial charge in [0.05, 0.1) is 12.3 Å². The lowest BCUT2D eigenvalue weighted by atomic mass is 10.1. The molecular weight excluding hydrogens is 258 g/mol. The van der Waals surface area contributed by atoms with E-state index in [1.165, 1.54) is 22.5 Å². The van der Waals surface area contributed by atoms with Crippen LogP contribution in [0.4, 0.5) is 5.69 Å². The molecular formula is C15H17NO2S. The number of benzene rings is 1. The molecule has 19 heavy (non-hydrogen) atoms. The maximum absolute atomic E-state index is 11.7. The summed E-state index contributed by atoms with van der Waals surface area (Å²) in [4.78, 5) is 13.2. The van der Waals surface area contributed by atoms with Gasteiger partial charge in [-0.25, -0.2) is 4.79 Å². The lowest BCUT2D eigenvalue weighted by Crippen LogP contribution is -2.04. The molecule has 4 heteroatoms. The number of esters is 1. The summed E-state index contributed by atoms with van der Waals surface area (Å²) < 4.78 is 4.99. The fourth-order valence-electron chi connectivity index (χ4n) is 1.80. The third kappa shape index (κ3) is 2.79. The number of rotatable bonds is 3. The summed E-state index contributed by atoms with van der Waals surface area (Å²) in [7, 11) is 0. The Morgan fingerprint density at radius 3 is 2.63 bits per heavy atom. The van der Waals surface area contributed by atoms with Gasteiger partial charge in [0.1, 0.15) is 4.88 Å². The SMILES string of the molecule is CCOC(=O)c1sc(-c2ccc(C)c(C)c2)cc1N. The Morgan fingerprint density at radius 1 is 1.26 bits per heavy atom. The van der Waals surface area contributed by atoms with Gasteiger partial charge in [-0.05, 0) is 43.5 Å². The molecule has 0 fully saturated rings. The van der Waals surface area contributed by atoms with Crippen molar-refractivity contribution in [3.05, 3.63) is 40.3 Å². The highest BCUT2D eigenvalue weighted by Crippen LogP contribution is 2.34. The molecule has 1 heterocycles. The van der Waals surface area contributed by atoms with E-state index in [2.05, 4.69) is 26.0 Å². The van der Waals surface area contributed by atoms with Gasteiger partial charge in [-0.2, -0.15) is 0 Å². The second-order valence-corrected chi connectivity index (χ2v) is 5.47. The van der Waals surface area contributed by atoms with E-state index in [1.54, 1.807) is 6.92 Å². The van der Waals surface area contributed by atoms with Gasteiger partial charge in [0.2, 0.25) is 0 Å². The van der Waals surface area contributed by atoms with Gasteiger partial charge >= 0.3 is 5.97 Å². The van der Waals surface area contributed by atoms with Gasteiger partial charge in [-0.1, -0.05) is 18.2 Å². The van der Waals surface area contributed by atoms with Crippen molar-refractivity contribution < 1.29 is 9.53 Å². The van der Waals surface area contributed by atoms with E-state index in [4.69, 9.17) is 10.5 Å². The maximum atomic E-state index is 11.7. The highest BCUT2D eigenvalue weighted by Gasteiger charge is 2.16. The van der Waals surface area contributed by atoms with E-state index in [-0.39, 0.29) is 5.97 Å². The minimum atomic E-state index is -0.347. The van der Waals surface area contributed by atoms with E-state index < -0.39 is 0 Å². The van der Waals surface area contributed by atoms with Crippen LogP contribution in [-0.4, -0.2) is 12.6 Å². The molecule has 1 aromatic heterocycles. The van der Waals surface area contributed by atoms with Gasteiger partial charge in [-0.3, -0.25) is 0 Å². The summed E-state index contributed by atoms with van der Waals surface area (Å²) in [5, 5.41) is 0. The smallest absolute Gasteiger partial charge is 0.350 e. The van der Waals surface area contributed by atoms with Crippen LogP contribution in [0.25, 0.3) is 10.4 Å². The molecule has 0 aliphatic rings. The van der Waals surface area contributed by atoms with Crippen LogP contribution >= 0.6 is 11.3 Å². The fraction of sp³-hybridized carbons (Fsp3) is 0.267. The minimum Gasteiger partial charge on any atom is -0.462 e. The molecule has 2 aromatic rings. The summed E-state index contributed by atoms with van der Waals surface area (Å²) in [5.74, 6) is -0.347. The highest BCUT2D eigenvalue weighted by molar-refractivity contribution is 7.18. The Bertz CT molecular complexity index is 617. The van der Waals surface area contributed by atoms with Crippen LogP contribution in [0, 0.1) is 13.8 Å². The first-order valence-corrected chi connectivity index (χ1v) is 6.98. The number of carbonyl (C=O) groups is 1. The molecule has 2 rings (SSSR count). The molecule has 0 atom stereocenters. The normalized spacial score (nSPS) is 10.5. The predicted octanol–water partition coefficient (Wildman–Crippen LogP) is 3.79. The van der Waals surface area contributed by atoms with Gasteiger partial charge < -0.3 is 10.5 Å². The first-order valence-electron chi connectivity index (χ1n) is 6.17. The zero-order valence-corrected chi connectivity index (χ0v) is 12.1. The average Bonchev–Trinajstić information content (AvgIpc) is 2.75. The molecule has 0 bridgehead atoms. The Hall–Kier alpha value is -1.81. The van der Waals surface area contributed by atoms with Crippen molar-refractivity contribution in [2.45, 2.75) is 20.8 Å². The number of thiophene rings is 1. The molecule has 0 radical (unpaired) electrons. The Morgan fingerprint density at radius 2 is 2.00 bits per heavy atom. The number of nitrogens with two attached hydrogens (primary N) is 1. The lowest BCUT2D eigenvalue weighted by molar-refractivity contribution is 0.0533. The summed E-state index contributed by atoms with van der Waals surface area (Å²) in [5.41, 5.74) is 9.92. The number of hydrogen-bond acceptors (Lipinski definition) is 4. The molecule has 100 valence electrons.